The highest BCUT2D eigenvalue weighted by atomic mass is 32.1. The lowest BCUT2D eigenvalue weighted by molar-refractivity contribution is 0.100. The number of primary amides is 1. The number of hydrogen-bond acceptors (Lipinski definition) is 4. The van der Waals surface area contributed by atoms with Crippen LogP contribution in [0.2, 0.25) is 0 Å². The fraction of sp³-hybridized carbons (Fsp3) is 0.276. The number of nitrogens with two attached hydrogens (primary N) is 1. The Morgan fingerprint density at radius 2 is 1.71 bits per heavy atom. The third-order valence-corrected chi connectivity index (χ3v) is 7.86. The number of aryl methyl sites for hydroxylation is 1. The fourth-order valence-electron chi connectivity index (χ4n) is 4.74. The number of fused-ring (bicyclic) bond motifs is 2. The van der Waals surface area contributed by atoms with Crippen LogP contribution in [0.5, 0.6) is 0 Å². The van der Waals surface area contributed by atoms with E-state index in [0.29, 0.717) is 16.1 Å². The molecule has 6 heteroatoms. The van der Waals surface area contributed by atoms with Crippen molar-refractivity contribution in [1.29, 1.82) is 0 Å². The van der Waals surface area contributed by atoms with Gasteiger partial charge in [0, 0.05) is 15.8 Å². The number of anilines is 1. The summed E-state index contributed by atoms with van der Waals surface area (Å²) in [5, 5.41) is 4.33. The summed E-state index contributed by atoms with van der Waals surface area (Å²) in [7, 11) is 0. The van der Waals surface area contributed by atoms with Crippen LogP contribution < -0.4 is 11.1 Å². The van der Waals surface area contributed by atoms with Crippen LogP contribution in [0.25, 0.3) is 22.2 Å². The molecular formula is C29H29N3O2S. The Bertz CT molecular complexity index is 1450. The molecule has 0 aliphatic heterocycles. The van der Waals surface area contributed by atoms with Gasteiger partial charge in [0.1, 0.15) is 5.00 Å². The van der Waals surface area contributed by atoms with Crippen LogP contribution in [0.1, 0.15) is 70.3 Å². The molecule has 2 amide bonds. The van der Waals surface area contributed by atoms with E-state index < -0.39 is 5.91 Å². The smallest absolute Gasteiger partial charge is 0.257 e. The molecule has 0 bridgehead atoms. The molecule has 0 atom stereocenters. The van der Waals surface area contributed by atoms with Crippen molar-refractivity contribution in [1.82, 2.24) is 4.98 Å². The molecule has 2 aromatic carbocycles. The number of hydrogen-bond donors (Lipinski definition) is 2. The summed E-state index contributed by atoms with van der Waals surface area (Å²) in [6.45, 7) is 6.55. The molecule has 3 N–H and O–H groups in total. The van der Waals surface area contributed by atoms with Crippen molar-refractivity contribution >= 4 is 39.1 Å². The number of carbonyl (C=O) groups is 2. The van der Waals surface area contributed by atoms with Gasteiger partial charge in [0.2, 0.25) is 0 Å². The minimum Gasteiger partial charge on any atom is -0.365 e. The van der Waals surface area contributed by atoms with Crippen molar-refractivity contribution in [3.8, 4) is 11.3 Å². The summed E-state index contributed by atoms with van der Waals surface area (Å²) in [5.41, 5.74) is 11.4. The van der Waals surface area contributed by atoms with Crippen LogP contribution in [0.3, 0.4) is 0 Å². The predicted molar refractivity (Wildman–Crippen MR) is 143 cm³/mol. The summed E-state index contributed by atoms with van der Waals surface area (Å²) in [5.74, 6) is -0.754. The Hall–Kier alpha value is -3.51. The van der Waals surface area contributed by atoms with E-state index >= 15 is 0 Å². The topological polar surface area (TPSA) is 85.1 Å². The Morgan fingerprint density at radius 1 is 1.00 bits per heavy atom. The largest absolute Gasteiger partial charge is 0.365 e. The van der Waals surface area contributed by atoms with Gasteiger partial charge in [-0.1, -0.05) is 63.2 Å². The van der Waals surface area contributed by atoms with Crippen molar-refractivity contribution in [2.75, 3.05) is 5.32 Å². The molecule has 0 saturated carbocycles. The Labute approximate surface area is 209 Å². The fourth-order valence-corrected chi connectivity index (χ4v) is 6.03. The zero-order valence-electron chi connectivity index (χ0n) is 20.3. The highest BCUT2D eigenvalue weighted by molar-refractivity contribution is 7.17. The highest BCUT2D eigenvalue weighted by Gasteiger charge is 2.26. The lowest BCUT2D eigenvalue weighted by atomic mass is 9.86. The van der Waals surface area contributed by atoms with Gasteiger partial charge in [0.05, 0.1) is 22.3 Å². The van der Waals surface area contributed by atoms with Crippen LogP contribution in [0.4, 0.5) is 5.00 Å². The van der Waals surface area contributed by atoms with Gasteiger partial charge >= 0.3 is 0 Å². The van der Waals surface area contributed by atoms with Gasteiger partial charge in [0.25, 0.3) is 11.8 Å². The number of carbonyl (C=O) groups excluding carboxylic acids is 2. The van der Waals surface area contributed by atoms with Crippen molar-refractivity contribution in [3.05, 3.63) is 81.7 Å². The van der Waals surface area contributed by atoms with Crippen LogP contribution in [-0.2, 0) is 18.3 Å². The van der Waals surface area contributed by atoms with Crippen LogP contribution >= 0.6 is 11.3 Å². The minimum absolute atomic E-state index is 0.0540. The first-order chi connectivity index (χ1) is 16.7. The molecule has 0 unspecified atom stereocenters. The summed E-state index contributed by atoms with van der Waals surface area (Å²) < 4.78 is 0. The Morgan fingerprint density at radius 3 is 2.43 bits per heavy atom. The minimum atomic E-state index is -0.487. The van der Waals surface area contributed by atoms with E-state index in [9.17, 15) is 9.59 Å². The lowest BCUT2D eigenvalue weighted by Crippen LogP contribution is -2.19. The molecule has 1 aliphatic rings. The van der Waals surface area contributed by atoms with E-state index in [4.69, 9.17) is 10.7 Å². The number of amides is 2. The summed E-state index contributed by atoms with van der Waals surface area (Å²) in [6, 6.07) is 17.8. The van der Waals surface area contributed by atoms with Crippen LogP contribution in [0, 0.1) is 0 Å². The van der Waals surface area contributed by atoms with E-state index in [1.807, 2.05) is 30.3 Å². The van der Waals surface area contributed by atoms with Gasteiger partial charge in [-0.2, -0.15) is 0 Å². The van der Waals surface area contributed by atoms with E-state index in [0.717, 1.165) is 58.3 Å². The molecule has 0 radical (unpaired) electrons. The number of para-hydroxylation sites is 1. The monoisotopic (exact) mass is 483 g/mol. The molecule has 2 aromatic heterocycles. The van der Waals surface area contributed by atoms with Crippen LogP contribution in [0.15, 0.2) is 54.6 Å². The first-order valence-electron chi connectivity index (χ1n) is 12.0. The normalized spacial score (nSPS) is 13.5. The maximum absolute atomic E-state index is 13.6. The quantitative estimate of drug-likeness (QED) is 0.348. The van der Waals surface area contributed by atoms with Crippen LogP contribution in [-0.4, -0.2) is 16.8 Å². The molecule has 178 valence electrons. The van der Waals surface area contributed by atoms with E-state index in [1.165, 1.54) is 16.9 Å². The van der Waals surface area contributed by atoms with Gasteiger partial charge in [-0.05, 0) is 54.4 Å². The van der Waals surface area contributed by atoms with Gasteiger partial charge in [0.15, 0.2) is 0 Å². The number of aromatic nitrogens is 1. The van der Waals surface area contributed by atoms with Gasteiger partial charge < -0.3 is 11.1 Å². The van der Waals surface area contributed by atoms with Gasteiger partial charge in [-0.15, -0.1) is 11.3 Å². The Kier molecular flexibility index (Phi) is 5.93. The Balaban J connectivity index is 1.56. The molecule has 1 aliphatic carbocycles. The number of nitrogens with zero attached hydrogens (tertiary/aromatic N) is 1. The van der Waals surface area contributed by atoms with Crippen molar-refractivity contribution in [3.63, 3.8) is 0 Å². The van der Waals surface area contributed by atoms with E-state index in [-0.39, 0.29) is 11.3 Å². The van der Waals surface area contributed by atoms with E-state index in [2.05, 4.69) is 50.4 Å². The molecule has 4 aromatic rings. The zero-order valence-corrected chi connectivity index (χ0v) is 21.1. The van der Waals surface area contributed by atoms with Crippen molar-refractivity contribution < 1.29 is 9.59 Å². The third kappa shape index (κ3) is 4.46. The molecular weight excluding hydrogens is 454 g/mol. The maximum Gasteiger partial charge on any atom is 0.257 e. The molecule has 0 saturated heterocycles. The SMILES string of the molecule is CC(C)(C)c1ccc(-c2cc(C(=O)Nc3sc4c(c3C(N)=O)CCCC4)c3ccccc3n2)cc1. The number of rotatable bonds is 4. The number of nitrogens with one attached hydrogen (secondary N) is 1. The highest BCUT2D eigenvalue weighted by Crippen LogP contribution is 2.38. The summed E-state index contributed by atoms with van der Waals surface area (Å²) in [6.07, 6.45) is 3.87. The average molecular weight is 484 g/mol. The lowest BCUT2D eigenvalue weighted by Gasteiger charge is -2.19. The maximum atomic E-state index is 13.6. The standard InChI is InChI=1S/C29H29N3O2S/c1-29(2,3)18-14-12-17(13-15-18)23-16-21(19-8-4-6-10-22(19)31-23)27(34)32-28-25(26(30)33)20-9-5-7-11-24(20)35-28/h4,6,8,10,12-16H,5,7,9,11H2,1-3H3,(H2,30,33)(H,32,34). The molecule has 2 heterocycles. The second-order valence-corrected chi connectivity index (χ2v) is 11.2. The molecule has 0 fully saturated rings. The first-order valence-corrected chi connectivity index (χ1v) is 12.8. The van der Waals surface area contributed by atoms with Crippen molar-refractivity contribution in [2.24, 2.45) is 5.73 Å². The van der Waals surface area contributed by atoms with Gasteiger partial charge in [-0.25, -0.2) is 4.98 Å². The summed E-state index contributed by atoms with van der Waals surface area (Å²) in [4.78, 5) is 31.9. The number of benzene rings is 2. The second-order valence-electron chi connectivity index (χ2n) is 10.1. The first kappa shape index (κ1) is 23.2. The zero-order chi connectivity index (χ0) is 24.7. The van der Waals surface area contributed by atoms with Crippen molar-refractivity contribution in [2.45, 2.75) is 51.9 Å². The molecule has 5 nitrogen and oxygen atoms in total. The van der Waals surface area contributed by atoms with Gasteiger partial charge in [-0.3, -0.25) is 9.59 Å². The summed E-state index contributed by atoms with van der Waals surface area (Å²) >= 11 is 1.47. The molecule has 35 heavy (non-hydrogen) atoms. The average Bonchev–Trinajstić information content (AvgIpc) is 3.21. The predicted octanol–water partition coefficient (Wildman–Crippen LogP) is 6.49. The second kappa shape index (κ2) is 8.93. The molecule has 0 spiro atoms. The molecule has 5 rings (SSSR count). The number of thiophene rings is 1. The third-order valence-electron chi connectivity index (χ3n) is 6.65. The van der Waals surface area contributed by atoms with E-state index in [1.54, 1.807) is 0 Å². The number of pyridine rings is 1.